The summed E-state index contributed by atoms with van der Waals surface area (Å²) in [5.41, 5.74) is 11.8. The van der Waals surface area contributed by atoms with E-state index in [9.17, 15) is 0 Å². The van der Waals surface area contributed by atoms with Gasteiger partial charge in [-0.2, -0.15) is 0 Å². The predicted molar refractivity (Wildman–Crippen MR) is 185 cm³/mol. The molecule has 0 saturated heterocycles. The lowest BCUT2D eigenvalue weighted by Gasteiger charge is -2.13. The van der Waals surface area contributed by atoms with Gasteiger partial charge in [0.1, 0.15) is 0 Å². The minimum absolute atomic E-state index is 0.703. The summed E-state index contributed by atoms with van der Waals surface area (Å²) < 4.78 is 0. The molecule has 0 fully saturated rings. The van der Waals surface area contributed by atoms with Gasteiger partial charge in [0.05, 0.1) is 28.1 Å². The first-order valence-corrected chi connectivity index (χ1v) is 15.1. The number of benzene rings is 5. The Labute approximate surface area is 261 Å². The minimum atomic E-state index is 0.703. The third kappa shape index (κ3) is 5.13. The van der Waals surface area contributed by atoms with Crippen molar-refractivity contribution >= 4 is 21.8 Å². The molecule has 0 aliphatic carbocycles. The summed E-state index contributed by atoms with van der Waals surface area (Å²) in [6, 6.07) is 52.2. The fraction of sp³-hybridized carbons (Fsp3) is 0.0244. The molecule has 0 amide bonds. The van der Waals surface area contributed by atoms with Gasteiger partial charge >= 0.3 is 0 Å². The van der Waals surface area contributed by atoms with Gasteiger partial charge in [0.25, 0.3) is 0 Å². The SMILES string of the molecule is Cc1ccc2ccc3c(-c4ccccc4)cc(-c4ccc(-c5cc(-c6ccccc6)nc(-c6ccccc6)n5)cc4)nc3c2n1. The zero-order valence-corrected chi connectivity index (χ0v) is 24.7. The molecule has 3 aromatic heterocycles. The quantitative estimate of drug-likeness (QED) is 0.191. The van der Waals surface area contributed by atoms with E-state index in [-0.39, 0.29) is 0 Å². The van der Waals surface area contributed by atoms with Crippen molar-refractivity contribution in [2.75, 3.05) is 0 Å². The van der Waals surface area contributed by atoms with Crippen LogP contribution in [-0.2, 0) is 0 Å². The Morgan fingerprint density at radius 3 is 1.51 bits per heavy atom. The second-order valence-electron chi connectivity index (χ2n) is 11.2. The van der Waals surface area contributed by atoms with E-state index in [4.69, 9.17) is 19.9 Å². The Morgan fingerprint density at radius 1 is 0.378 bits per heavy atom. The zero-order valence-electron chi connectivity index (χ0n) is 24.7. The third-order valence-corrected chi connectivity index (χ3v) is 8.17. The van der Waals surface area contributed by atoms with Gasteiger partial charge in [0.15, 0.2) is 5.82 Å². The normalized spacial score (nSPS) is 11.2. The maximum Gasteiger partial charge on any atom is 0.160 e. The van der Waals surface area contributed by atoms with Crippen LogP contribution in [0.1, 0.15) is 5.69 Å². The van der Waals surface area contributed by atoms with Crippen molar-refractivity contribution in [3.63, 3.8) is 0 Å². The number of rotatable bonds is 5. The van der Waals surface area contributed by atoms with Crippen molar-refractivity contribution in [3.8, 4) is 56.3 Å². The molecular weight excluding hydrogens is 548 g/mol. The van der Waals surface area contributed by atoms with Gasteiger partial charge in [-0.3, -0.25) is 4.98 Å². The minimum Gasteiger partial charge on any atom is -0.251 e. The Bertz CT molecular complexity index is 2240. The van der Waals surface area contributed by atoms with Crippen LogP contribution in [0.5, 0.6) is 0 Å². The lowest BCUT2D eigenvalue weighted by atomic mass is 9.96. The second kappa shape index (κ2) is 11.3. The highest BCUT2D eigenvalue weighted by Crippen LogP contribution is 2.36. The van der Waals surface area contributed by atoms with Crippen LogP contribution in [0.25, 0.3) is 78.1 Å². The highest BCUT2D eigenvalue weighted by atomic mass is 14.9. The van der Waals surface area contributed by atoms with Gasteiger partial charge in [-0.1, -0.05) is 133 Å². The summed E-state index contributed by atoms with van der Waals surface area (Å²) in [4.78, 5) is 20.1. The highest BCUT2D eigenvalue weighted by Gasteiger charge is 2.15. The molecule has 4 nitrogen and oxygen atoms in total. The fourth-order valence-electron chi connectivity index (χ4n) is 5.85. The van der Waals surface area contributed by atoms with Crippen LogP contribution in [0.15, 0.2) is 152 Å². The first-order valence-electron chi connectivity index (χ1n) is 15.1. The molecule has 8 rings (SSSR count). The summed E-state index contributed by atoms with van der Waals surface area (Å²) in [7, 11) is 0. The summed E-state index contributed by atoms with van der Waals surface area (Å²) >= 11 is 0. The lowest BCUT2D eigenvalue weighted by molar-refractivity contribution is 1.18. The number of pyridine rings is 2. The Balaban J connectivity index is 1.27. The molecule has 0 unspecified atom stereocenters. The number of fused-ring (bicyclic) bond motifs is 3. The standard InChI is InChI=1S/C41H28N4/c1-27-17-18-32-23-24-34-35(28-11-5-2-6-12-28)25-36(43-40(34)39(32)42-27)30-19-21-31(22-20-30)38-26-37(29-13-7-3-8-14-29)44-41(45-38)33-15-9-4-10-16-33/h2-26H,1H3. The molecule has 0 N–H and O–H groups in total. The Hall–Kier alpha value is -6.00. The molecule has 0 saturated carbocycles. The molecule has 0 bridgehead atoms. The summed E-state index contributed by atoms with van der Waals surface area (Å²) in [5.74, 6) is 0.703. The first-order chi connectivity index (χ1) is 22.2. The maximum atomic E-state index is 5.22. The van der Waals surface area contributed by atoms with E-state index in [1.807, 2.05) is 61.5 Å². The molecule has 45 heavy (non-hydrogen) atoms. The van der Waals surface area contributed by atoms with E-state index in [1.165, 1.54) is 0 Å². The van der Waals surface area contributed by atoms with Crippen LogP contribution in [0.2, 0.25) is 0 Å². The molecule has 0 atom stereocenters. The molecule has 5 aromatic carbocycles. The van der Waals surface area contributed by atoms with Gasteiger partial charge in [-0.15, -0.1) is 0 Å². The summed E-state index contributed by atoms with van der Waals surface area (Å²) in [6.45, 7) is 2.03. The molecule has 0 radical (unpaired) electrons. The molecule has 0 spiro atoms. The predicted octanol–water partition coefficient (Wildman–Crippen LogP) is 10.2. The van der Waals surface area contributed by atoms with Crippen molar-refractivity contribution in [3.05, 3.63) is 157 Å². The van der Waals surface area contributed by atoms with E-state index in [0.29, 0.717) is 5.82 Å². The molecular formula is C41H28N4. The van der Waals surface area contributed by atoms with Gasteiger partial charge in [0.2, 0.25) is 0 Å². The molecule has 8 aromatic rings. The molecule has 212 valence electrons. The average Bonchev–Trinajstić information content (AvgIpc) is 3.12. The monoisotopic (exact) mass is 576 g/mol. The number of hydrogen-bond donors (Lipinski definition) is 0. The van der Waals surface area contributed by atoms with Gasteiger partial charge in [-0.25, -0.2) is 15.0 Å². The number of nitrogens with zero attached hydrogens (tertiary/aromatic N) is 4. The highest BCUT2D eigenvalue weighted by molar-refractivity contribution is 6.09. The maximum absolute atomic E-state index is 5.22. The first kappa shape index (κ1) is 26.6. The second-order valence-corrected chi connectivity index (χ2v) is 11.2. The van der Waals surface area contributed by atoms with Gasteiger partial charge < -0.3 is 0 Å². The van der Waals surface area contributed by atoms with Crippen LogP contribution in [0.3, 0.4) is 0 Å². The Morgan fingerprint density at radius 2 is 0.889 bits per heavy atom. The van der Waals surface area contributed by atoms with Crippen LogP contribution in [-0.4, -0.2) is 19.9 Å². The van der Waals surface area contributed by atoms with Crippen molar-refractivity contribution in [2.45, 2.75) is 6.92 Å². The van der Waals surface area contributed by atoms with Gasteiger partial charge in [-0.05, 0) is 36.2 Å². The number of aryl methyl sites for hydroxylation is 1. The van der Waals surface area contributed by atoms with E-state index in [2.05, 4.69) is 97.1 Å². The van der Waals surface area contributed by atoms with Crippen molar-refractivity contribution in [1.29, 1.82) is 0 Å². The van der Waals surface area contributed by atoms with Crippen molar-refractivity contribution < 1.29 is 0 Å². The number of hydrogen-bond acceptors (Lipinski definition) is 4. The van der Waals surface area contributed by atoms with Crippen molar-refractivity contribution in [2.24, 2.45) is 0 Å². The van der Waals surface area contributed by atoms with Crippen LogP contribution >= 0.6 is 0 Å². The molecule has 0 aliphatic rings. The van der Waals surface area contributed by atoms with Crippen LogP contribution in [0.4, 0.5) is 0 Å². The van der Waals surface area contributed by atoms with E-state index >= 15 is 0 Å². The number of aromatic nitrogens is 4. The largest absolute Gasteiger partial charge is 0.251 e. The molecule has 3 heterocycles. The smallest absolute Gasteiger partial charge is 0.160 e. The molecule has 4 heteroatoms. The third-order valence-electron chi connectivity index (χ3n) is 8.17. The van der Waals surface area contributed by atoms with E-state index in [0.717, 1.165) is 78.0 Å². The Kier molecular flexibility index (Phi) is 6.65. The van der Waals surface area contributed by atoms with Gasteiger partial charge in [0, 0.05) is 38.7 Å². The average molecular weight is 577 g/mol. The van der Waals surface area contributed by atoms with Crippen LogP contribution in [0, 0.1) is 6.92 Å². The fourth-order valence-corrected chi connectivity index (χ4v) is 5.85. The lowest BCUT2D eigenvalue weighted by Crippen LogP contribution is -1.96. The summed E-state index contributed by atoms with van der Waals surface area (Å²) in [5, 5.41) is 2.18. The van der Waals surface area contributed by atoms with Crippen LogP contribution < -0.4 is 0 Å². The zero-order chi connectivity index (χ0) is 30.2. The van der Waals surface area contributed by atoms with E-state index < -0.39 is 0 Å². The van der Waals surface area contributed by atoms with Crippen molar-refractivity contribution in [1.82, 2.24) is 19.9 Å². The topological polar surface area (TPSA) is 51.6 Å². The molecule has 0 aliphatic heterocycles. The summed E-state index contributed by atoms with van der Waals surface area (Å²) in [6.07, 6.45) is 0. The van der Waals surface area contributed by atoms with E-state index in [1.54, 1.807) is 0 Å².